The Morgan fingerprint density at radius 2 is 1.78 bits per heavy atom. The van der Waals surface area contributed by atoms with E-state index in [4.69, 9.17) is 0 Å². The fourth-order valence-electron chi connectivity index (χ4n) is 2.05. The summed E-state index contributed by atoms with van der Waals surface area (Å²) in [5, 5.41) is 3.20. The molecule has 0 aliphatic rings. The molecule has 0 amide bonds. The number of aromatic nitrogens is 1. The van der Waals surface area contributed by atoms with Gasteiger partial charge < -0.3 is 5.32 Å². The van der Waals surface area contributed by atoms with Crippen LogP contribution in [0.15, 0.2) is 36.4 Å². The minimum absolute atomic E-state index is 0.0953. The first kappa shape index (κ1) is 12.6. The number of nitrogens with one attached hydrogen (secondary N) is 1. The SMILES string of the molecule is Cc1cc(C)cc(C(C)Nc2cccc(F)n2)c1. The van der Waals surface area contributed by atoms with Crippen molar-refractivity contribution in [2.75, 3.05) is 5.32 Å². The Kier molecular flexibility index (Phi) is 3.60. The quantitative estimate of drug-likeness (QED) is 0.825. The monoisotopic (exact) mass is 244 g/mol. The largest absolute Gasteiger partial charge is 0.363 e. The third-order valence-corrected chi connectivity index (χ3v) is 2.82. The second-order valence-electron chi connectivity index (χ2n) is 4.63. The molecule has 0 spiro atoms. The molecule has 2 rings (SSSR count). The van der Waals surface area contributed by atoms with Crippen LogP contribution in [0, 0.1) is 19.8 Å². The van der Waals surface area contributed by atoms with E-state index in [0.717, 1.165) is 0 Å². The maximum atomic E-state index is 13.0. The van der Waals surface area contributed by atoms with Crippen molar-refractivity contribution < 1.29 is 4.39 Å². The van der Waals surface area contributed by atoms with Gasteiger partial charge in [-0.15, -0.1) is 0 Å². The molecule has 2 nitrogen and oxygen atoms in total. The average Bonchev–Trinajstić information content (AvgIpc) is 2.27. The van der Waals surface area contributed by atoms with Crippen LogP contribution in [-0.2, 0) is 0 Å². The Labute approximate surface area is 107 Å². The maximum Gasteiger partial charge on any atom is 0.214 e. The summed E-state index contributed by atoms with van der Waals surface area (Å²) in [6.45, 7) is 6.19. The number of anilines is 1. The lowest BCUT2D eigenvalue weighted by atomic mass is 10.0. The van der Waals surface area contributed by atoms with Crippen molar-refractivity contribution in [3.05, 3.63) is 59.0 Å². The second kappa shape index (κ2) is 5.17. The van der Waals surface area contributed by atoms with Crippen LogP contribution in [-0.4, -0.2) is 4.98 Å². The zero-order valence-electron chi connectivity index (χ0n) is 10.9. The Balaban J connectivity index is 2.19. The molecule has 0 bridgehead atoms. The van der Waals surface area contributed by atoms with Gasteiger partial charge in [0.15, 0.2) is 0 Å². The summed E-state index contributed by atoms with van der Waals surface area (Å²) in [7, 11) is 0. The predicted octanol–water partition coefficient (Wildman–Crippen LogP) is 4.01. The molecule has 3 heteroatoms. The van der Waals surface area contributed by atoms with Crippen LogP contribution in [0.3, 0.4) is 0 Å². The van der Waals surface area contributed by atoms with Gasteiger partial charge in [-0.1, -0.05) is 35.4 Å². The number of rotatable bonds is 3. The lowest BCUT2D eigenvalue weighted by Gasteiger charge is -2.16. The van der Waals surface area contributed by atoms with E-state index in [0.29, 0.717) is 5.82 Å². The molecule has 0 radical (unpaired) electrons. The summed E-state index contributed by atoms with van der Waals surface area (Å²) in [4.78, 5) is 3.81. The molecular formula is C15H17FN2. The van der Waals surface area contributed by atoms with E-state index < -0.39 is 5.95 Å². The summed E-state index contributed by atoms with van der Waals surface area (Å²) in [5.74, 6) is 0.0919. The van der Waals surface area contributed by atoms with E-state index in [2.05, 4.69) is 42.3 Å². The maximum absolute atomic E-state index is 13.0. The molecule has 2 aromatic rings. The Morgan fingerprint density at radius 3 is 2.39 bits per heavy atom. The van der Waals surface area contributed by atoms with Crippen LogP contribution < -0.4 is 5.32 Å². The number of halogens is 1. The highest BCUT2D eigenvalue weighted by molar-refractivity contribution is 5.39. The molecule has 1 atom stereocenters. The molecule has 1 heterocycles. The van der Waals surface area contributed by atoms with E-state index in [9.17, 15) is 4.39 Å². The smallest absolute Gasteiger partial charge is 0.214 e. The van der Waals surface area contributed by atoms with Gasteiger partial charge in [-0.3, -0.25) is 0 Å². The van der Waals surface area contributed by atoms with Crippen LogP contribution in [0.5, 0.6) is 0 Å². The summed E-state index contributed by atoms with van der Waals surface area (Å²) in [6, 6.07) is 11.2. The highest BCUT2D eigenvalue weighted by Gasteiger charge is 2.07. The van der Waals surface area contributed by atoms with Gasteiger partial charge in [0.05, 0.1) is 0 Å². The molecule has 1 aromatic carbocycles. The molecule has 1 unspecified atom stereocenters. The van der Waals surface area contributed by atoms with Crippen molar-refractivity contribution in [2.24, 2.45) is 0 Å². The zero-order chi connectivity index (χ0) is 13.1. The molecule has 1 aromatic heterocycles. The second-order valence-corrected chi connectivity index (χ2v) is 4.63. The molecule has 0 saturated carbocycles. The van der Waals surface area contributed by atoms with Gasteiger partial charge in [0, 0.05) is 6.04 Å². The van der Waals surface area contributed by atoms with E-state index >= 15 is 0 Å². The number of hydrogen-bond donors (Lipinski definition) is 1. The lowest BCUT2D eigenvalue weighted by Crippen LogP contribution is -2.08. The van der Waals surface area contributed by atoms with Gasteiger partial charge in [-0.25, -0.2) is 4.98 Å². The highest BCUT2D eigenvalue weighted by Crippen LogP contribution is 2.20. The van der Waals surface area contributed by atoms with Crippen LogP contribution in [0.25, 0.3) is 0 Å². The zero-order valence-corrected chi connectivity index (χ0v) is 10.9. The van der Waals surface area contributed by atoms with Crippen LogP contribution in [0.1, 0.15) is 29.7 Å². The summed E-state index contributed by atoms with van der Waals surface area (Å²) < 4.78 is 13.0. The standard InChI is InChI=1S/C15H17FN2/c1-10-7-11(2)9-13(8-10)12(3)17-15-6-4-5-14(16)18-15/h4-9,12H,1-3H3,(H,17,18). The predicted molar refractivity (Wildman–Crippen MR) is 72.1 cm³/mol. The van der Waals surface area contributed by atoms with E-state index in [1.807, 2.05) is 6.92 Å². The highest BCUT2D eigenvalue weighted by atomic mass is 19.1. The number of hydrogen-bond acceptors (Lipinski definition) is 2. The van der Waals surface area contributed by atoms with Crippen molar-refractivity contribution >= 4 is 5.82 Å². The van der Waals surface area contributed by atoms with Gasteiger partial charge in [0.2, 0.25) is 5.95 Å². The molecule has 18 heavy (non-hydrogen) atoms. The average molecular weight is 244 g/mol. The third kappa shape index (κ3) is 3.06. The Bertz CT molecular complexity index is 532. The first-order valence-electron chi connectivity index (χ1n) is 6.02. The van der Waals surface area contributed by atoms with Crippen molar-refractivity contribution in [3.63, 3.8) is 0 Å². The van der Waals surface area contributed by atoms with Crippen LogP contribution in [0.2, 0.25) is 0 Å². The number of nitrogens with zero attached hydrogens (tertiary/aromatic N) is 1. The Hall–Kier alpha value is -1.90. The molecule has 0 aliphatic heterocycles. The number of benzene rings is 1. The van der Waals surface area contributed by atoms with Gasteiger partial charge >= 0.3 is 0 Å². The molecule has 94 valence electrons. The fourth-order valence-corrected chi connectivity index (χ4v) is 2.05. The summed E-state index contributed by atoms with van der Waals surface area (Å²) in [5.41, 5.74) is 3.63. The van der Waals surface area contributed by atoms with Crippen molar-refractivity contribution in [3.8, 4) is 0 Å². The molecule has 1 N–H and O–H groups in total. The van der Waals surface area contributed by atoms with Gasteiger partial charge in [0.25, 0.3) is 0 Å². The lowest BCUT2D eigenvalue weighted by molar-refractivity contribution is 0.584. The van der Waals surface area contributed by atoms with E-state index in [1.165, 1.54) is 22.8 Å². The minimum atomic E-state index is -0.465. The normalized spacial score (nSPS) is 12.2. The minimum Gasteiger partial charge on any atom is -0.363 e. The molecule has 0 saturated heterocycles. The van der Waals surface area contributed by atoms with Gasteiger partial charge in [-0.05, 0) is 38.5 Å². The van der Waals surface area contributed by atoms with E-state index in [-0.39, 0.29) is 6.04 Å². The van der Waals surface area contributed by atoms with Crippen molar-refractivity contribution in [2.45, 2.75) is 26.8 Å². The Morgan fingerprint density at radius 1 is 1.11 bits per heavy atom. The van der Waals surface area contributed by atoms with Gasteiger partial charge in [-0.2, -0.15) is 4.39 Å². The topological polar surface area (TPSA) is 24.9 Å². The molecule has 0 fully saturated rings. The van der Waals surface area contributed by atoms with Gasteiger partial charge in [0.1, 0.15) is 5.82 Å². The van der Waals surface area contributed by atoms with E-state index in [1.54, 1.807) is 12.1 Å². The van der Waals surface area contributed by atoms with Crippen LogP contribution >= 0.6 is 0 Å². The molecular weight excluding hydrogens is 227 g/mol. The number of aryl methyl sites for hydroxylation is 2. The molecule has 0 aliphatic carbocycles. The summed E-state index contributed by atoms with van der Waals surface area (Å²) >= 11 is 0. The first-order valence-corrected chi connectivity index (χ1v) is 6.02. The number of pyridine rings is 1. The summed E-state index contributed by atoms with van der Waals surface area (Å²) in [6.07, 6.45) is 0. The third-order valence-electron chi connectivity index (χ3n) is 2.82. The van der Waals surface area contributed by atoms with Crippen molar-refractivity contribution in [1.82, 2.24) is 4.98 Å². The van der Waals surface area contributed by atoms with Crippen LogP contribution in [0.4, 0.5) is 10.2 Å². The van der Waals surface area contributed by atoms with Crippen molar-refractivity contribution in [1.29, 1.82) is 0 Å². The fraction of sp³-hybridized carbons (Fsp3) is 0.267. The first-order chi connectivity index (χ1) is 8.54.